The van der Waals surface area contributed by atoms with E-state index in [1.54, 1.807) is 24.3 Å². The van der Waals surface area contributed by atoms with Crippen LogP contribution in [0, 0.1) is 0 Å². The molecule has 0 spiro atoms. The molecular formula is C17H11BrO3. The first kappa shape index (κ1) is 13.6. The number of hydrogen-bond donors (Lipinski definition) is 0. The fourth-order valence-electron chi connectivity index (χ4n) is 1.91. The Balaban J connectivity index is 1.75. The molecule has 4 heteroatoms. The van der Waals surface area contributed by atoms with Crippen LogP contribution < -0.4 is 4.74 Å². The first-order valence-corrected chi connectivity index (χ1v) is 7.13. The fourth-order valence-corrected chi connectivity index (χ4v) is 2.17. The van der Waals surface area contributed by atoms with E-state index in [-0.39, 0.29) is 5.76 Å². The van der Waals surface area contributed by atoms with Crippen molar-refractivity contribution in [2.75, 3.05) is 0 Å². The van der Waals surface area contributed by atoms with Crippen LogP contribution in [0.4, 0.5) is 0 Å². The molecule has 2 aromatic carbocycles. The van der Waals surface area contributed by atoms with Gasteiger partial charge in [-0.05, 0) is 47.5 Å². The quantitative estimate of drug-likeness (QED) is 0.500. The lowest BCUT2D eigenvalue weighted by molar-refractivity contribution is 0.0701. The van der Waals surface area contributed by atoms with Crippen molar-refractivity contribution in [2.24, 2.45) is 0 Å². The molecule has 0 saturated carbocycles. The number of ether oxygens (including phenoxy) is 1. The Morgan fingerprint density at radius 1 is 0.905 bits per heavy atom. The molecule has 1 aromatic heterocycles. The molecule has 0 aliphatic rings. The van der Waals surface area contributed by atoms with Crippen LogP contribution in [0.3, 0.4) is 0 Å². The Morgan fingerprint density at radius 3 is 2.10 bits per heavy atom. The van der Waals surface area contributed by atoms with Gasteiger partial charge in [0.05, 0.1) is 6.26 Å². The number of esters is 1. The maximum atomic E-state index is 11.7. The molecule has 1 heterocycles. The van der Waals surface area contributed by atoms with Crippen molar-refractivity contribution in [3.8, 4) is 16.9 Å². The maximum absolute atomic E-state index is 11.7. The van der Waals surface area contributed by atoms with Crippen molar-refractivity contribution in [3.63, 3.8) is 0 Å². The van der Waals surface area contributed by atoms with Crippen molar-refractivity contribution in [3.05, 3.63) is 77.2 Å². The number of carbonyl (C=O) groups is 1. The SMILES string of the molecule is O=C(Oc1ccc(-c2ccc(Br)cc2)cc1)c1ccco1. The summed E-state index contributed by atoms with van der Waals surface area (Å²) < 4.78 is 11.3. The first-order chi connectivity index (χ1) is 10.2. The van der Waals surface area contributed by atoms with Gasteiger partial charge in [-0.2, -0.15) is 0 Å². The minimum absolute atomic E-state index is 0.187. The molecule has 0 fully saturated rings. The molecule has 0 saturated heterocycles. The molecule has 3 rings (SSSR count). The Bertz CT molecular complexity index is 729. The van der Waals surface area contributed by atoms with E-state index in [1.165, 1.54) is 6.26 Å². The van der Waals surface area contributed by atoms with Gasteiger partial charge in [0.15, 0.2) is 0 Å². The van der Waals surface area contributed by atoms with Crippen LogP contribution in [0.25, 0.3) is 11.1 Å². The monoisotopic (exact) mass is 342 g/mol. The van der Waals surface area contributed by atoms with Crippen molar-refractivity contribution in [2.45, 2.75) is 0 Å². The van der Waals surface area contributed by atoms with Crippen LogP contribution in [0.5, 0.6) is 5.75 Å². The number of benzene rings is 2. The summed E-state index contributed by atoms with van der Waals surface area (Å²) in [5.41, 5.74) is 2.16. The lowest BCUT2D eigenvalue weighted by Gasteiger charge is -2.05. The first-order valence-electron chi connectivity index (χ1n) is 6.34. The fraction of sp³-hybridized carbons (Fsp3) is 0. The van der Waals surface area contributed by atoms with Crippen molar-refractivity contribution in [1.29, 1.82) is 0 Å². The third-order valence-corrected chi connectivity index (χ3v) is 3.49. The lowest BCUT2D eigenvalue weighted by Crippen LogP contribution is -2.06. The zero-order chi connectivity index (χ0) is 14.7. The topological polar surface area (TPSA) is 39.4 Å². The zero-order valence-electron chi connectivity index (χ0n) is 11.0. The predicted octanol–water partition coefficient (Wildman–Crippen LogP) is 4.93. The van der Waals surface area contributed by atoms with Gasteiger partial charge in [0, 0.05) is 4.47 Å². The highest BCUT2D eigenvalue weighted by molar-refractivity contribution is 9.10. The number of rotatable bonds is 3. The molecule has 0 atom stereocenters. The van der Waals surface area contributed by atoms with Gasteiger partial charge in [-0.25, -0.2) is 4.79 Å². The number of carbonyl (C=O) groups excluding carboxylic acids is 1. The van der Waals surface area contributed by atoms with Gasteiger partial charge in [-0.15, -0.1) is 0 Å². The molecule has 3 aromatic rings. The van der Waals surface area contributed by atoms with E-state index < -0.39 is 5.97 Å². The average molecular weight is 343 g/mol. The van der Waals surface area contributed by atoms with Crippen molar-refractivity contribution < 1.29 is 13.9 Å². The Morgan fingerprint density at radius 2 is 1.52 bits per heavy atom. The molecule has 0 aliphatic heterocycles. The normalized spacial score (nSPS) is 10.3. The van der Waals surface area contributed by atoms with Crippen LogP contribution in [0.1, 0.15) is 10.6 Å². The van der Waals surface area contributed by atoms with E-state index in [0.717, 1.165) is 15.6 Å². The summed E-state index contributed by atoms with van der Waals surface area (Å²) in [4.78, 5) is 11.7. The van der Waals surface area contributed by atoms with Crippen LogP contribution in [-0.4, -0.2) is 5.97 Å². The summed E-state index contributed by atoms with van der Waals surface area (Å²) in [7, 11) is 0. The van der Waals surface area contributed by atoms with Crippen LogP contribution in [0.2, 0.25) is 0 Å². The van der Waals surface area contributed by atoms with Gasteiger partial charge in [0.1, 0.15) is 5.75 Å². The summed E-state index contributed by atoms with van der Waals surface area (Å²) in [6.07, 6.45) is 1.44. The Hall–Kier alpha value is -2.33. The van der Waals surface area contributed by atoms with Gasteiger partial charge < -0.3 is 9.15 Å². The number of hydrogen-bond acceptors (Lipinski definition) is 3. The Kier molecular flexibility index (Phi) is 3.88. The summed E-state index contributed by atoms with van der Waals surface area (Å²) in [6, 6.07) is 18.6. The van der Waals surface area contributed by atoms with E-state index >= 15 is 0 Å². The molecule has 0 amide bonds. The summed E-state index contributed by atoms with van der Waals surface area (Å²) in [5, 5.41) is 0. The van der Waals surface area contributed by atoms with Crippen molar-refractivity contribution >= 4 is 21.9 Å². The minimum atomic E-state index is -0.503. The van der Waals surface area contributed by atoms with Gasteiger partial charge in [0.2, 0.25) is 5.76 Å². The van der Waals surface area contributed by atoms with E-state index in [9.17, 15) is 4.79 Å². The highest BCUT2D eigenvalue weighted by Gasteiger charge is 2.11. The third kappa shape index (κ3) is 3.23. The van der Waals surface area contributed by atoms with Crippen molar-refractivity contribution in [1.82, 2.24) is 0 Å². The summed E-state index contributed by atoms with van der Waals surface area (Å²) >= 11 is 3.41. The third-order valence-electron chi connectivity index (χ3n) is 2.96. The highest BCUT2D eigenvalue weighted by atomic mass is 79.9. The number of furan rings is 1. The molecule has 0 unspecified atom stereocenters. The van der Waals surface area contributed by atoms with Gasteiger partial charge >= 0.3 is 5.97 Å². The average Bonchev–Trinajstić information content (AvgIpc) is 3.03. The van der Waals surface area contributed by atoms with Gasteiger partial charge in [-0.3, -0.25) is 0 Å². The molecule has 21 heavy (non-hydrogen) atoms. The Labute approximate surface area is 130 Å². The van der Waals surface area contributed by atoms with Gasteiger partial charge in [-0.1, -0.05) is 40.2 Å². The van der Waals surface area contributed by atoms with Crippen LogP contribution in [0.15, 0.2) is 75.8 Å². The number of halogens is 1. The molecule has 3 nitrogen and oxygen atoms in total. The zero-order valence-corrected chi connectivity index (χ0v) is 12.5. The van der Waals surface area contributed by atoms with E-state index in [4.69, 9.17) is 9.15 Å². The highest BCUT2D eigenvalue weighted by Crippen LogP contribution is 2.24. The second-order valence-corrected chi connectivity index (χ2v) is 5.31. The largest absolute Gasteiger partial charge is 0.457 e. The van der Waals surface area contributed by atoms with E-state index in [1.807, 2.05) is 36.4 Å². The maximum Gasteiger partial charge on any atom is 0.379 e. The second kappa shape index (κ2) is 5.97. The minimum Gasteiger partial charge on any atom is -0.457 e. The van der Waals surface area contributed by atoms with Crippen LogP contribution in [-0.2, 0) is 0 Å². The van der Waals surface area contributed by atoms with Crippen LogP contribution >= 0.6 is 15.9 Å². The summed E-state index contributed by atoms with van der Waals surface area (Å²) in [6.45, 7) is 0. The predicted molar refractivity (Wildman–Crippen MR) is 83.2 cm³/mol. The summed E-state index contributed by atoms with van der Waals surface area (Å²) in [5.74, 6) is 0.167. The standard InChI is InChI=1S/C17H11BrO3/c18-14-7-3-12(4-8-14)13-5-9-15(10-6-13)21-17(19)16-2-1-11-20-16/h1-11H. The molecule has 0 bridgehead atoms. The van der Waals surface area contributed by atoms with E-state index in [2.05, 4.69) is 15.9 Å². The molecule has 0 N–H and O–H groups in total. The molecular weight excluding hydrogens is 332 g/mol. The smallest absolute Gasteiger partial charge is 0.379 e. The van der Waals surface area contributed by atoms with Gasteiger partial charge in [0.25, 0.3) is 0 Å². The second-order valence-electron chi connectivity index (χ2n) is 4.40. The molecule has 0 radical (unpaired) electrons. The lowest BCUT2D eigenvalue weighted by atomic mass is 10.1. The van der Waals surface area contributed by atoms with E-state index in [0.29, 0.717) is 5.75 Å². The molecule has 0 aliphatic carbocycles. The molecule has 104 valence electrons.